The largest absolute Gasteiger partial charge is 0.335 e. The summed E-state index contributed by atoms with van der Waals surface area (Å²) in [7, 11) is 0. The van der Waals surface area contributed by atoms with Gasteiger partial charge in [0.1, 0.15) is 17.4 Å². The van der Waals surface area contributed by atoms with E-state index in [4.69, 9.17) is 0 Å². The third-order valence-corrected chi connectivity index (χ3v) is 3.66. The first-order valence-corrected chi connectivity index (χ1v) is 6.66. The number of aldehydes is 1. The Labute approximate surface area is 115 Å². The van der Waals surface area contributed by atoms with E-state index in [-0.39, 0.29) is 0 Å². The normalized spacial score (nSPS) is 17.3. The van der Waals surface area contributed by atoms with Gasteiger partial charge in [0, 0.05) is 17.4 Å². The van der Waals surface area contributed by atoms with Crippen molar-refractivity contribution >= 4 is 28.9 Å². The zero-order valence-electron chi connectivity index (χ0n) is 9.98. The predicted molar refractivity (Wildman–Crippen MR) is 76.4 cm³/mol. The second kappa shape index (κ2) is 5.24. The van der Waals surface area contributed by atoms with E-state index < -0.39 is 6.04 Å². The molecule has 1 aromatic carbocycles. The molecule has 19 heavy (non-hydrogen) atoms. The quantitative estimate of drug-likeness (QED) is 0.852. The van der Waals surface area contributed by atoms with Crippen molar-refractivity contribution in [3.63, 3.8) is 0 Å². The van der Waals surface area contributed by atoms with Crippen molar-refractivity contribution in [3.05, 3.63) is 54.2 Å². The molecular weight excluding hydrogens is 258 g/mol. The SMILES string of the molecule is O=CC1N=C(Nc2ccccc2)Sc2ncccc21. The molecule has 1 aliphatic heterocycles. The second-order valence-corrected chi connectivity index (χ2v) is 4.98. The highest BCUT2D eigenvalue weighted by Crippen LogP contribution is 2.33. The van der Waals surface area contributed by atoms with Crippen LogP contribution < -0.4 is 5.32 Å². The molecule has 0 aliphatic carbocycles. The van der Waals surface area contributed by atoms with Gasteiger partial charge in [-0.05, 0) is 30.0 Å². The van der Waals surface area contributed by atoms with Crippen molar-refractivity contribution < 1.29 is 4.79 Å². The van der Waals surface area contributed by atoms with Gasteiger partial charge >= 0.3 is 0 Å². The summed E-state index contributed by atoms with van der Waals surface area (Å²) in [5.41, 5.74) is 1.80. The van der Waals surface area contributed by atoms with Gasteiger partial charge in [0.2, 0.25) is 0 Å². The summed E-state index contributed by atoms with van der Waals surface area (Å²) in [4.78, 5) is 19.8. The number of nitrogens with zero attached hydrogens (tertiary/aromatic N) is 2. The molecule has 1 aromatic heterocycles. The summed E-state index contributed by atoms with van der Waals surface area (Å²) in [6, 6.07) is 13.0. The van der Waals surface area contributed by atoms with Gasteiger partial charge in [-0.3, -0.25) is 0 Å². The number of carbonyl (C=O) groups excluding carboxylic acids is 1. The molecule has 0 fully saturated rings. The van der Waals surface area contributed by atoms with Crippen molar-refractivity contribution in [1.82, 2.24) is 4.98 Å². The van der Waals surface area contributed by atoms with Crippen molar-refractivity contribution in [2.45, 2.75) is 11.1 Å². The Morgan fingerprint density at radius 3 is 2.79 bits per heavy atom. The highest BCUT2D eigenvalue weighted by atomic mass is 32.2. The first-order chi connectivity index (χ1) is 9.36. The van der Waals surface area contributed by atoms with Crippen LogP contribution >= 0.6 is 11.8 Å². The van der Waals surface area contributed by atoms with Crippen molar-refractivity contribution in [2.75, 3.05) is 5.32 Å². The predicted octanol–water partition coefficient (Wildman–Crippen LogP) is 2.90. The summed E-state index contributed by atoms with van der Waals surface area (Å²) in [5.74, 6) is 0. The smallest absolute Gasteiger partial charge is 0.168 e. The Morgan fingerprint density at radius 2 is 2.00 bits per heavy atom. The van der Waals surface area contributed by atoms with Gasteiger partial charge in [-0.2, -0.15) is 0 Å². The lowest BCUT2D eigenvalue weighted by Crippen LogP contribution is -2.16. The number of anilines is 1. The van der Waals surface area contributed by atoms with E-state index >= 15 is 0 Å². The Kier molecular flexibility index (Phi) is 3.29. The maximum Gasteiger partial charge on any atom is 0.168 e. The first-order valence-electron chi connectivity index (χ1n) is 5.85. The van der Waals surface area contributed by atoms with Gasteiger partial charge < -0.3 is 10.1 Å². The molecule has 2 heterocycles. The molecule has 94 valence electrons. The maximum atomic E-state index is 11.1. The van der Waals surface area contributed by atoms with Crippen molar-refractivity contribution in [1.29, 1.82) is 0 Å². The van der Waals surface area contributed by atoms with Crippen LogP contribution in [-0.2, 0) is 4.79 Å². The molecule has 3 rings (SSSR count). The molecular formula is C14H11N3OS. The second-order valence-electron chi connectivity index (χ2n) is 4.01. The minimum absolute atomic E-state index is 0.476. The number of nitrogens with one attached hydrogen (secondary N) is 1. The van der Waals surface area contributed by atoms with Crippen LogP contribution in [0.5, 0.6) is 0 Å². The molecule has 1 aliphatic rings. The zero-order valence-corrected chi connectivity index (χ0v) is 10.8. The van der Waals surface area contributed by atoms with Crippen LogP contribution in [0, 0.1) is 0 Å². The number of aliphatic imine (C=N–C) groups is 1. The van der Waals surface area contributed by atoms with Gasteiger partial charge in [-0.25, -0.2) is 9.98 Å². The summed E-state index contributed by atoms with van der Waals surface area (Å²) >= 11 is 1.44. The fourth-order valence-electron chi connectivity index (χ4n) is 1.83. The van der Waals surface area contributed by atoms with E-state index in [9.17, 15) is 4.79 Å². The van der Waals surface area contributed by atoms with Crippen LogP contribution in [-0.4, -0.2) is 16.4 Å². The van der Waals surface area contributed by atoms with E-state index in [0.29, 0.717) is 5.17 Å². The van der Waals surface area contributed by atoms with E-state index in [1.165, 1.54) is 11.8 Å². The number of para-hydroxylation sites is 1. The zero-order chi connectivity index (χ0) is 13.1. The third kappa shape index (κ3) is 2.51. The fraction of sp³-hybridized carbons (Fsp3) is 0.0714. The number of hydrogen-bond donors (Lipinski definition) is 1. The van der Waals surface area contributed by atoms with Crippen LogP contribution in [0.1, 0.15) is 11.6 Å². The molecule has 1 N–H and O–H groups in total. The Balaban J connectivity index is 1.89. The molecule has 0 bridgehead atoms. The summed E-state index contributed by atoms with van der Waals surface area (Å²) in [5, 5.41) is 4.72. The number of rotatable bonds is 2. The highest BCUT2D eigenvalue weighted by Gasteiger charge is 2.22. The van der Waals surface area contributed by atoms with E-state index in [0.717, 1.165) is 22.6 Å². The molecule has 5 heteroatoms. The molecule has 0 saturated heterocycles. The van der Waals surface area contributed by atoms with Crippen molar-refractivity contribution in [3.8, 4) is 0 Å². The minimum Gasteiger partial charge on any atom is -0.335 e. The average molecular weight is 269 g/mol. The Morgan fingerprint density at radius 1 is 1.16 bits per heavy atom. The van der Waals surface area contributed by atoms with Gasteiger partial charge in [0.25, 0.3) is 0 Å². The lowest BCUT2D eigenvalue weighted by molar-refractivity contribution is -0.109. The monoisotopic (exact) mass is 269 g/mol. The molecule has 0 amide bonds. The Hall–Kier alpha value is -2.14. The minimum atomic E-state index is -0.476. The number of fused-ring (bicyclic) bond motifs is 1. The maximum absolute atomic E-state index is 11.1. The highest BCUT2D eigenvalue weighted by molar-refractivity contribution is 8.14. The van der Waals surface area contributed by atoms with Crippen LogP contribution in [0.4, 0.5) is 5.69 Å². The van der Waals surface area contributed by atoms with E-state index in [1.54, 1.807) is 6.20 Å². The number of benzene rings is 1. The number of amidine groups is 1. The van der Waals surface area contributed by atoms with Gasteiger partial charge in [0.05, 0.1) is 0 Å². The summed E-state index contributed by atoms with van der Waals surface area (Å²) in [6.07, 6.45) is 2.56. The van der Waals surface area contributed by atoms with Crippen LogP contribution in [0.25, 0.3) is 0 Å². The first kappa shape index (κ1) is 11.9. The fourth-order valence-corrected chi connectivity index (χ4v) is 2.77. The molecule has 4 nitrogen and oxygen atoms in total. The lowest BCUT2D eigenvalue weighted by atomic mass is 10.1. The number of hydrogen-bond acceptors (Lipinski definition) is 5. The van der Waals surface area contributed by atoms with Gasteiger partial charge in [-0.1, -0.05) is 24.3 Å². The van der Waals surface area contributed by atoms with Gasteiger partial charge in [-0.15, -0.1) is 0 Å². The number of thioether (sulfide) groups is 1. The third-order valence-electron chi connectivity index (χ3n) is 2.72. The summed E-state index contributed by atoms with van der Waals surface area (Å²) in [6.45, 7) is 0. The molecule has 0 radical (unpaired) electrons. The molecule has 0 spiro atoms. The lowest BCUT2D eigenvalue weighted by Gasteiger charge is -2.19. The topological polar surface area (TPSA) is 54.4 Å². The van der Waals surface area contributed by atoms with Crippen LogP contribution in [0.15, 0.2) is 58.7 Å². The average Bonchev–Trinajstić information content (AvgIpc) is 2.47. The van der Waals surface area contributed by atoms with Crippen LogP contribution in [0.2, 0.25) is 0 Å². The number of pyridine rings is 1. The van der Waals surface area contributed by atoms with E-state index in [2.05, 4.69) is 15.3 Å². The molecule has 0 saturated carbocycles. The summed E-state index contributed by atoms with van der Waals surface area (Å²) < 4.78 is 0. The number of aromatic nitrogens is 1. The standard InChI is InChI=1S/C14H11N3OS/c18-9-12-11-7-4-8-15-13(11)19-14(17-12)16-10-5-2-1-3-6-10/h1-9,12H,(H,16,17). The van der Waals surface area contributed by atoms with Crippen LogP contribution in [0.3, 0.4) is 0 Å². The Bertz CT molecular complexity index is 628. The van der Waals surface area contributed by atoms with Crippen molar-refractivity contribution in [2.24, 2.45) is 4.99 Å². The van der Waals surface area contributed by atoms with Gasteiger partial charge in [0.15, 0.2) is 5.17 Å². The molecule has 2 aromatic rings. The molecule has 1 atom stereocenters. The molecule has 1 unspecified atom stereocenters. The number of carbonyl (C=O) groups is 1. The van der Waals surface area contributed by atoms with E-state index in [1.807, 2.05) is 42.5 Å².